The molecule has 2 nitrogen and oxygen atoms in total. The summed E-state index contributed by atoms with van der Waals surface area (Å²) in [5.74, 6) is 1.04. The van der Waals surface area contributed by atoms with E-state index in [1.807, 2.05) is 0 Å². The Morgan fingerprint density at radius 1 is 1.55 bits per heavy atom. The van der Waals surface area contributed by atoms with Crippen LogP contribution in [-0.4, -0.2) is 11.9 Å². The number of carbonyl (C=O) groups excluding carboxylic acids is 1. The van der Waals surface area contributed by atoms with Crippen LogP contribution in [0.2, 0.25) is 0 Å². The van der Waals surface area contributed by atoms with Gasteiger partial charge in [-0.3, -0.25) is 4.79 Å². The minimum Gasteiger partial charge on any atom is -0.353 e. The van der Waals surface area contributed by atoms with Gasteiger partial charge in [0.25, 0.3) is 0 Å². The van der Waals surface area contributed by atoms with E-state index in [1.54, 1.807) is 0 Å². The third-order valence-electron chi connectivity index (χ3n) is 3.53. The Morgan fingerprint density at radius 3 is 2.91 bits per heavy atom. The van der Waals surface area contributed by atoms with E-state index in [4.69, 9.17) is 0 Å². The maximum absolute atomic E-state index is 11.1. The number of amides is 1. The fraction of sp³-hybridized carbons (Fsp3) is 0.889. The van der Waals surface area contributed by atoms with Crippen LogP contribution in [0.3, 0.4) is 0 Å². The number of hydrogen-bond acceptors (Lipinski definition) is 1. The lowest BCUT2D eigenvalue weighted by atomic mass is 9.58. The molecule has 62 valence electrons. The maximum atomic E-state index is 11.1. The number of hydrogen-bond donors (Lipinski definition) is 1. The molecular formula is C9H15NO. The fourth-order valence-corrected chi connectivity index (χ4v) is 2.32. The Bertz CT molecular complexity index is 198. The molecule has 2 aliphatic heterocycles. The molecule has 1 N–H and O–H groups in total. The number of fused-ring (bicyclic) bond motifs is 3. The molecule has 1 aliphatic carbocycles. The molecule has 3 fully saturated rings. The Labute approximate surface area is 67.4 Å². The predicted octanol–water partition coefficient (Wildman–Crippen LogP) is 1.31. The van der Waals surface area contributed by atoms with Gasteiger partial charge >= 0.3 is 0 Å². The largest absolute Gasteiger partial charge is 0.353 e. The second-order valence-electron chi connectivity index (χ2n) is 4.41. The van der Waals surface area contributed by atoms with Gasteiger partial charge in [0.2, 0.25) is 5.91 Å². The molecule has 0 spiro atoms. The van der Waals surface area contributed by atoms with Crippen molar-refractivity contribution in [1.29, 1.82) is 0 Å². The van der Waals surface area contributed by atoms with Gasteiger partial charge in [-0.1, -0.05) is 13.8 Å². The van der Waals surface area contributed by atoms with Gasteiger partial charge < -0.3 is 5.32 Å². The molecule has 0 unspecified atom stereocenters. The van der Waals surface area contributed by atoms with Crippen LogP contribution in [0, 0.1) is 11.3 Å². The van der Waals surface area contributed by atoms with Gasteiger partial charge in [-0.25, -0.2) is 0 Å². The van der Waals surface area contributed by atoms with Crippen LogP contribution < -0.4 is 5.32 Å². The lowest BCUT2D eigenvalue weighted by Gasteiger charge is -2.50. The molecule has 2 heteroatoms. The van der Waals surface area contributed by atoms with Crippen molar-refractivity contribution in [3.8, 4) is 0 Å². The highest BCUT2D eigenvalue weighted by atomic mass is 16.1. The van der Waals surface area contributed by atoms with Gasteiger partial charge in [0, 0.05) is 12.5 Å². The normalized spacial score (nSPS) is 40.4. The molecule has 1 amide bonds. The molecular weight excluding hydrogens is 138 g/mol. The van der Waals surface area contributed by atoms with Crippen molar-refractivity contribution in [1.82, 2.24) is 5.32 Å². The maximum Gasteiger partial charge on any atom is 0.220 e. The zero-order chi connectivity index (χ0) is 8.06. The minimum atomic E-state index is 0.253. The molecule has 0 radical (unpaired) electrons. The highest BCUT2D eigenvalue weighted by Crippen LogP contribution is 2.49. The molecule has 0 aromatic carbocycles. The monoisotopic (exact) mass is 153 g/mol. The first-order valence-electron chi connectivity index (χ1n) is 4.40. The highest BCUT2D eigenvalue weighted by Gasteiger charge is 2.49. The third-order valence-corrected chi connectivity index (χ3v) is 3.53. The van der Waals surface area contributed by atoms with Gasteiger partial charge in [-0.05, 0) is 24.2 Å². The summed E-state index contributed by atoms with van der Waals surface area (Å²) in [5, 5.41) is 3.06. The SMILES string of the molecule is CC1(C)[C@@H]2CCC(=O)N[C@H]1C2. The van der Waals surface area contributed by atoms with Crippen molar-refractivity contribution in [2.24, 2.45) is 11.3 Å². The molecule has 1 saturated carbocycles. The van der Waals surface area contributed by atoms with E-state index >= 15 is 0 Å². The average molecular weight is 153 g/mol. The van der Waals surface area contributed by atoms with Crippen molar-refractivity contribution in [2.45, 2.75) is 39.2 Å². The van der Waals surface area contributed by atoms with Crippen LogP contribution in [0.1, 0.15) is 33.1 Å². The first kappa shape index (κ1) is 7.14. The van der Waals surface area contributed by atoms with Crippen LogP contribution in [0.25, 0.3) is 0 Å². The summed E-state index contributed by atoms with van der Waals surface area (Å²) in [4.78, 5) is 11.1. The zero-order valence-electron chi connectivity index (χ0n) is 7.18. The van der Waals surface area contributed by atoms with E-state index in [2.05, 4.69) is 19.2 Å². The van der Waals surface area contributed by atoms with Crippen molar-refractivity contribution in [3.05, 3.63) is 0 Å². The highest BCUT2D eigenvalue weighted by molar-refractivity contribution is 5.77. The molecule has 2 atom stereocenters. The van der Waals surface area contributed by atoms with Crippen molar-refractivity contribution < 1.29 is 4.79 Å². The van der Waals surface area contributed by atoms with Crippen molar-refractivity contribution in [2.75, 3.05) is 0 Å². The second-order valence-corrected chi connectivity index (χ2v) is 4.41. The van der Waals surface area contributed by atoms with Crippen LogP contribution in [0.4, 0.5) is 0 Å². The van der Waals surface area contributed by atoms with Gasteiger partial charge in [0.15, 0.2) is 0 Å². The number of rotatable bonds is 0. The first-order valence-corrected chi connectivity index (χ1v) is 4.40. The Kier molecular flexibility index (Phi) is 1.29. The predicted molar refractivity (Wildman–Crippen MR) is 43.1 cm³/mol. The molecule has 0 aromatic rings. The van der Waals surface area contributed by atoms with Crippen LogP contribution in [0.5, 0.6) is 0 Å². The molecule has 3 rings (SSSR count). The van der Waals surface area contributed by atoms with E-state index in [0.29, 0.717) is 11.5 Å². The van der Waals surface area contributed by atoms with E-state index in [0.717, 1.165) is 18.8 Å². The topological polar surface area (TPSA) is 29.1 Å². The summed E-state index contributed by atoms with van der Waals surface area (Å²) in [6.45, 7) is 4.52. The molecule has 2 bridgehead atoms. The average Bonchev–Trinajstić information content (AvgIpc) is 2.17. The van der Waals surface area contributed by atoms with Crippen LogP contribution in [-0.2, 0) is 4.79 Å². The van der Waals surface area contributed by atoms with Crippen molar-refractivity contribution >= 4 is 5.91 Å². The summed E-state index contributed by atoms with van der Waals surface area (Å²) < 4.78 is 0. The lowest BCUT2D eigenvalue weighted by molar-refractivity contribution is -0.122. The molecule has 2 heterocycles. The quantitative estimate of drug-likeness (QED) is 0.558. The molecule has 2 saturated heterocycles. The van der Waals surface area contributed by atoms with E-state index in [9.17, 15) is 4.79 Å². The first-order chi connectivity index (χ1) is 5.10. The van der Waals surface area contributed by atoms with Gasteiger partial charge in [-0.2, -0.15) is 0 Å². The van der Waals surface area contributed by atoms with Crippen LogP contribution >= 0.6 is 0 Å². The smallest absolute Gasteiger partial charge is 0.220 e. The molecule has 11 heavy (non-hydrogen) atoms. The summed E-state index contributed by atoms with van der Waals surface area (Å²) in [5.41, 5.74) is 0.367. The third kappa shape index (κ3) is 0.883. The Morgan fingerprint density at radius 2 is 2.27 bits per heavy atom. The Balaban J connectivity index is 2.17. The van der Waals surface area contributed by atoms with Crippen LogP contribution in [0.15, 0.2) is 0 Å². The summed E-state index contributed by atoms with van der Waals surface area (Å²) in [6.07, 6.45) is 3.04. The van der Waals surface area contributed by atoms with Gasteiger partial charge in [-0.15, -0.1) is 0 Å². The molecule has 0 aromatic heterocycles. The van der Waals surface area contributed by atoms with Crippen molar-refractivity contribution in [3.63, 3.8) is 0 Å². The summed E-state index contributed by atoms with van der Waals surface area (Å²) in [6, 6.07) is 0.461. The summed E-state index contributed by atoms with van der Waals surface area (Å²) in [7, 11) is 0. The number of nitrogens with one attached hydrogen (secondary N) is 1. The fourth-order valence-electron chi connectivity index (χ4n) is 2.32. The van der Waals surface area contributed by atoms with E-state index in [-0.39, 0.29) is 5.91 Å². The zero-order valence-corrected chi connectivity index (χ0v) is 7.18. The minimum absolute atomic E-state index is 0.253. The standard InChI is InChI=1S/C9H15NO/c1-9(2)6-3-4-8(11)10-7(9)5-6/h6-7H,3-5H2,1-2H3,(H,10,11)/t6-,7+/m1/s1. The van der Waals surface area contributed by atoms with Gasteiger partial charge in [0.1, 0.15) is 0 Å². The second kappa shape index (κ2) is 1.99. The van der Waals surface area contributed by atoms with E-state index < -0.39 is 0 Å². The lowest BCUT2D eigenvalue weighted by Crippen LogP contribution is -2.55. The van der Waals surface area contributed by atoms with Gasteiger partial charge in [0.05, 0.1) is 0 Å². The molecule has 3 aliphatic rings. The number of carbonyl (C=O) groups is 1. The summed E-state index contributed by atoms with van der Waals surface area (Å²) >= 11 is 0. The van der Waals surface area contributed by atoms with E-state index in [1.165, 1.54) is 6.42 Å². The Hall–Kier alpha value is -0.530.